The zero-order valence-electron chi connectivity index (χ0n) is 13.0. The van der Waals surface area contributed by atoms with Gasteiger partial charge < -0.3 is 4.90 Å². The number of aromatic nitrogens is 1. The van der Waals surface area contributed by atoms with E-state index < -0.39 is 0 Å². The molecule has 0 unspecified atom stereocenters. The molecule has 4 rings (SSSR count). The largest absolute Gasteiger partial charge is 0.308 e. The van der Waals surface area contributed by atoms with Crippen LogP contribution in [0.15, 0.2) is 48.5 Å². The number of carbonyl (C=O) groups is 1. The Morgan fingerprint density at radius 3 is 2.71 bits per heavy atom. The highest BCUT2D eigenvalue weighted by Crippen LogP contribution is 2.41. The van der Waals surface area contributed by atoms with E-state index >= 15 is 0 Å². The van der Waals surface area contributed by atoms with Crippen LogP contribution in [0.5, 0.6) is 0 Å². The van der Waals surface area contributed by atoms with Crippen LogP contribution in [0.2, 0.25) is 0 Å². The first-order valence-electron chi connectivity index (χ1n) is 7.66. The normalized spacial score (nSPS) is 15.5. The summed E-state index contributed by atoms with van der Waals surface area (Å²) in [5.41, 5.74) is 3.31. The molecule has 1 aliphatic rings. The van der Waals surface area contributed by atoms with Gasteiger partial charge in [0.05, 0.1) is 21.5 Å². The molecule has 4 nitrogen and oxygen atoms in total. The van der Waals surface area contributed by atoms with Crippen LogP contribution in [-0.4, -0.2) is 17.4 Å². The second kappa shape index (κ2) is 5.59. The fourth-order valence-electron chi connectivity index (χ4n) is 3.03. The number of nitrogens with zero attached hydrogens (tertiary/aromatic N) is 3. The summed E-state index contributed by atoms with van der Waals surface area (Å²) >= 11 is 1.44. The van der Waals surface area contributed by atoms with Crippen molar-refractivity contribution in [2.75, 3.05) is 11.4 Å². The molecule has 0 saturated heterocycles. The van der Waals surface area contributed by atoms with Gasteiger partial charge in [0.2, 0.25) is 0 Å². The topological polar surface area (TPSA) is 57.0 Å². The first-order valence-corrected chi connectivity index (χ1v) is 8.47. The van der Waals surface area contributed by atoms with Gasteiger partial charge >= 0.3 is 0 Å². The first-order chi connectivity index (χ1) is 11.7. The van der Waals surface area contributed by atoms with Crippen molar-refractivity contribution in [2.24, 2.45) is 0 Å². The Morgan fingerprint density at radius 1 is 1.21 bits per heavy atom. The van der Waals surface area contributed by atoms with Crippen LogP contribution in [0.3, 0.4) is 0 Å². The molecule has 2 heterocycles. The number of nitriles is 1. The molecule has 3 aromatic rings. The van der Waals surface area contributed by atoms with Crippen molar-refractivity contribution in [1.29, 1.82) is 5.26 Å². The first kappa shape index (κ1) is 14.6. The maximum atomic E-state index is 12.9. The van der Waals surface area contributed by atoms with Gasteiger partial charge in [0.1, 0.15) is 16.6 Å². The number of rotatable bonds is 2. The second-order valence-corrected chi connectivity index (χ2v) is 6.45. The summed E-state index contributed by atoms with van der Waals surface area (Å²) in [5.74, 6) is -0.130. The van der Waals surface area contributed by atoms with Gasteiger partial charge in [-0.05, 0) is 25.1 Å². The third kappa shape index (κ3) is 2.04. The molecule has 0 N–H and O–H groups in total. The Hall–Kier alpha value is -2.97. The molecule has 2 aromatic carbocycles. The van der Waals surface area contributed by atoms with Gasteiger partial charge in [0, 0.05) is 12.1 Å². The number of benzene rings is 2. The minimum Gasteiger partial charge on any atom is -0.308 e. The molecule has 0 atom stereocenters. The smallest absolute Gasteiger partial charge is 0.260 e. The molecule has 0 saturated carbocycles. The minimum absolute atomic E-state index is 0.130. The number of likely N-dealkylation sites (N-methyl/N-ethyl adjacent to an activating group) is 1. The van der Waals surface area contributed by atoms with Gasteiger partial charge in [-0.25, -0.2) is 4.98 Å². The van der Waals surface area contributed by atoms with Crippen molar-refractivity contribution in [1.82, 2.24) is 4.98 Å². The van der Waals surface area contributed by atoms with Gasteiger partial charge in [-0.15, -0.1) is 11.3 Å². The number of allylic oxidation sites excluding steroid dienone is 1. The number of hydrogen-bond donors (Lipinski definition) is 0. The molecule has 5 heteroatoms. The highest BCUT2D eigenvalue weighted by molar-refractivity contribution is 7.19. The van der Waals surface area contributed by atoms with Crippen molar-refractivity contribution in [2.45, 2.75) is 6.92 Å². The Balaban J connectivity index is 1.99. The third-order valence-corrected chi connectivity index (χ3v) is 5.16. The van der Waals surface area contributed by atoms with Gasteiger partial charge in [-0.3, -0.25) is 4.79 Å². The van der Waals surface area contributed by atoms with Crippen LogP contribution in [0.25, 0.3) is 21.4 Å². The van der Waals surface area contributed by atoms with Crippen molar-refractivity contribution in [3.8, 4) is 6.07 Å². The van der Waals surface area contributed by atoms with Gasteiger partial charge in [-0.1, -0.05) is 30.3 Å². The molecule has 116 valence electrons. The lowest BCUT2D eigenvalue weighted by Crippen LogP contribution is -2.25. The van der Waals surface area contributed by atoms with Crippen LogP contribution in [0.4, 0.5) is 5.69 Å². The van der Waals surface area contributed by atoms with Crippen LogP contribution in [0.1, 0.15) is 17.5 Å². The maximum absolute atomic E-state index is 12.9. The van der Waals surface area contributed by atoms with Gasteiger partial charge in [0.25, 0.3) is 5.91 Å². The van der Waals surface area contributed by atoms with E-state index in [1.165, 1.54) is 11.3 Å². The van der Waals surface area contributed by atoms with Crippen molar-refractivity contribution >= 4 is 44.3 Å². The zero-order valence-corrected chi connectivity index (χ0v) is 13.8. The Labute approximate surface area is 143 Å². The molecule has 24 heavy (non-hydrogen) atoms. The SMILES string of the molecule is CCN1C(=O)/C(=C(\C#N)c2nc3ccccc3s2)c2ccccc21. The summed E-state index contributed by atoms with van der Waals surface area (Å²) in [6, 6.07) is 17.6. The van der Waals surface area contributed by atoms with E-state index in [1.807, 2.05) is 55.5 Å². The number of para-hydroxylation sites is 2. The Bertz CT molecular complexity index is 1010. The fourth-order valence-corrected chi connectivity index (χ4v) is 3.99. The molecule has 0 fully saturated rings. The summed E-state index contributed by atoms with van der Waals surface area (Å²) < 4.78 is 1.01. The molecule has 1 aromatic heterocycles. The number of carbonyl (C=O) groups excluding carboxylic acids is 1. The highest BCUT2D eigenvalue weighted by atomic mass is 32.1. The fraction of sp³-hybridized carbons (Fsp3) is 0.105. The number of anilines is 1. The average Bonchev–Trinajstić information content (AvgIpc) is 3.15. The number of amides is 1. The Kier molecular flexibility index (Phi) is 3.40. The zero-order chi connectivity index (χ0) is 16.7. The van der Waals surface area contributed by atoms with Crippen molar-refractivity contribution in [3.63, 3.8) is 0 Å². The quantitative estimate of drug-likeness (QED) is 0.525. The van der Waals surface area contributed by atoms with E-state index in [0.29, 0.717) is 22.7 Å². The average molecular weight is 331 g/mol. The van der Waals surface area contributed by atoms with Crippen LogP contribution < -0.4 is 4.90 Å². The summed E-state index contributed by atoms with van der Waals surface area (Å²) in [4.78, 5) is 19.1. The number of thiazole rings is 1. The maximum Gasteiger partial charge on any atom is 0.260 e. The van der Waals surface area contributed by atoms with E-state index in [2.05, 4.69) is 11.1 Å². The molecule has 0 aliphatic carbocycles. The van der Waals surface area contributed by atoms with Gasteiger partial charge in [0.15, 0.2) is 0 Å². The highest BCUT2D eigenvalue weighted by Gasteiger charge is 2.34. The predicted molar refractivity (Wildman–Crippen MR) is 96.5 cm³/mol. The van der Waals surface area contributed by atoms with Crippen LogP contribution in [-0.2, 0) is 4.79 Å². The van der Waals surface area contributed by atoms with Gasteiger partial charge in [-0.2, -0.15) is 5.26 Å². The monoisotopic (exact) mass is 331 g/mol. The van der Waals surface area contributed by atoms with Crippen LogP contribution in [0, 0.1) is 11.3 Å². The summed E-state index contributed by atoms with van der Waals surface area (Å²) in [5, 5.41) is 10.3. The molecular formula is C19H13N3OS. The van der Waals surface area contributed by atoms with E-state index in [-0.39, 0.29) is 5.91 Å². The van der Waals surface area contributed by atoms with E-state index in [1.54, 1.807) is 4.90 Å². The molecular weight excluding hydrogens is 318 g/mol. The van der Waals surface area contributed by atoms with Crippen molar-refractivity contribution in [3.05, 3.63) is 59.1 Å². The lowest BCUT2D eigenvalue weighted by Gasteiger charge is -2.13. The number of fused-ring (bicyclic) bond motifs is 2. The summed E-state index contributed by atoms with van der Waals surface area (Å²) in [6.07, 6.45) is 0. The van der Waals surface area contributed by atoms with E-state index in [4.69, 9.17) is 0 Å². The second-order valence-electron chi connectivity index (χ2n) is 5.42. The molecule has 0 radical (unpaired) electrons. The molecule has 0 spiro atoms. The third-order valence-electron chi connectivity index (χ3n) is 4.11. The van der Waals surface area contributed by atoms with E-state index in [9.17, 15) is 10.1 Å². The molecule has 1 amide bonds. The summed E-state index contributed by atoms with van der Waals surface area (Å²) in [7, 11) is 0. The van der Waals surface area contributed by atoms with Crippen molar-refractivity contribution < 1.29 is 4.79 Å². The minimum atomic E-state index is -0.130. The number of hydrogen-bond acceptors (Lipinski definition) is 4. The van der Waals surface area contributed by atoms with E-state index in [0.717, 1.165) is 21.5 Å². The summed E-state index contributed by atoms with van der Waals surface area (Å²) in [6.45, 7) is 2.50. The lowest BCUT2D eigenvalue weighted by atomic mass is 10.0. The Morgan fingerprint density at radius 2 is 1.96 bits per heavy atom. The standard InChI is InChI=1S/C19H13N3OS/c1-2-22-15-9-5-3-7-12(15)17(19(22)23)13(11-20)18-21-14-8-4-6-10-16(14)24-18/h3-10H,2H2,1H3/b17-13+. The lowest BCUT2D eigenvalue weighted by molar-refractivity contribution is -0.112. The van der Waals surface area contributed by atoms with Crippen LogP contribution >= 0.6 is 11.3 Å². The predicted octanol–water partition coefficient (Wildman–Crippen LogP) is 4.10. The molecule has 0 bridgehead atoms. The molecule has 1 aliphatic heterocycles.